The lowest BCUT2D eigenvalue weighted by Gasteiger charge is -2.49. The summed E-state index contributed by atoms with van der Waals surface area (Å²) in [4.78, 5) is 5.54. The Morgan fingerprint density at radius 3 is 2.40 bits per heavy atom. The molecule has 1 aliphatic carbocycles. The molecular weight excluding hydrogens is 246 g/mol. The minimum atomic E-state index is 0.881. The van der Waals surface area contributed by atoms with Gasteiger partial charge in [-0.3, -0.25) is 4.90 Å². The second-order valence-electron chi connectivity index (χ2n) is 7.86. The summed E-state index contributed by atoms with van der Waals surface area (Å²) >= 11 is 0. The van der Waals surface area contributed by atoms with Crippen LogP contribution in [-0.4, -0.2) is 60.6 Å². The molecule has 3 unspecified atom stereocenters. The van der Waals surface area contributed by atoms with Crippen molar-refractivity contribution in [1.29, 1.82) is 0 Å². The summed E-state index contributed by atoms with van der Waals surface area (Å²) in [6, 6.07) is 3.55. The number of nitrogens with one attached hydrogen (secondary N) is 1. The highest BCUT2D eigenvalue weighted by atomic mass is 15.2. The molecule has 1 saturated carbocycles. The molecule has 114 valence electrons. The monoisotopic (exact) mass is 277 g/mol. The first kappa shape index (κ1) is 13.5. The molecular formula is C17H31N3. The van der Waals surface area contributed by atoms with Crippen LogP contribution in [0.3, 0.4) is 0 Å². The largest absolute Gasteiger partial charge is 0.314 e. The highest BCUT2D eigenvalue weighted by Gasteiger charge is 2.39. The van der Waals surface area contributed by atoms with Crippen LogP contribution in [0.1, 0.15) is 51.4 Å². The lowest BCUT2D eigenvalue weighted by molar-refractivity contribution is 0.0149. The minimum Gasteiger partial charge on any atom is -0.314 e. The third-order valence-corrected chi connectivity index (χ3v) is 6.42. The van der Waals surface area contributed by atoms with Gasteiger partial charge >= 0.3 is 0 Å². The molecule has 0 aromatic carbocycles. The molecule has 3 heterocycles. The molecule has 4 fully saturated rings. The van der Waals surface area contributed by atoms with E-state index in [4.69, 9.17) is 0 Å². The molecule has 3 aliphatic heterocycles. The average molecular weight is 277 g/mol. The molecule has 0 amide bonds. The van der Waals surface area contributed by atoms with Gasteiger partial charge in [-0.15, -0.1) is 0 Å². The van der Waals surface area contributed by atoms with E-state index in [0.29, 0.717) is 0 Å². The van der Waals surface area contributed by atoms with Crippen molar-refractivity contribution in [2.75, 3.05) is 26.7 Å². The standard InChI is InChI=1S/C17H31N3/c1-19-15-3-2-4-16(19)10-17(9-15)20-8-7-13(12-20)11-18-14-5-6-14/h13-18H,2-12H2,1H3. The fourth-order valence-electron chi connectivity index (χ4n) is 4.87. The normalized spacial score (nSPS) is 43.0. The van der Waals surface area contributed by atoms with Crippen molar-refractivity contribution in [3.63, 3.8) is 0 Å². The van der Waals surface area contributed by atoms with Crippen LogP contribution < -0.4 is 5.32 Å². The van der Waals surface area contributed by atoms with E-state index in [0.717, 1.165) is 30.1 Å². The third-order valence-electron chi connectivity index (χ3n) is 6.42. The molecule has 1 N–H and O–H groups in total. The summed E-state index contributed by atoms with van der Waals surface area (Å²) in [5.41, 5.74) is 0. The second kappa shape index (κ2) is 5.58. The first-order valence-electron chi connectivity index (χ1n) is 8.99. The van der Waals surface area contributed by atoms with Gasteiger partial charge in [-0.2, -0.15) is 0 Å². The molecule has 3 atom stereocenters. The summed E-state index contributed by atoms with van der Waals surface area (Å²) in [7, 11) is 2.37. The van der Waals surface area contributed by atoms with E-state index in [1.54, 1.807) is 0 Å². The highest BCUT2D eigenvalue weighted by molar-refractivity contribution is 4.96. The molecule has 0 spiro atoms. The van der Waals surface area contributed by atoms with Gasteiger partial charge in [0, 0.05) is 30.7 Å². The predicted molar refractivity (Wildman–Crippen MR) is 82.9 cm³/mol. The lowest BCUT2D eigenvalue weighted by Crippen LogP contribution is -2.55. The molecule has 0 aromatic rings. The Labute approximate surface area is 124 Å². The Morgan fingerprint density at radius 2 is 1.70 bits per heavy atom. The van der Waals surface area contributed by atoms with E-state index in [9.17, 15) is 0 Å². The van der Waals surface area contributed by atoms with Crippen molar-refractivity contribution in [2.45, 2.75) is 75.5 Å². The maximum absolute atomic E-state index is 3.73. The highest BCUT2D eigenvalue weighted by Crippen LogP contribution is 2.36. The van der Waals surface area contributed by atoms with Gasteiger partial charge in [0.05, 0.1) is 0 Å². The van der Waals surface area contributed by atoms with Gasteiger partial charge < -0.3 is 10.2 Å². The summed E-state index contributed by atoms with van der Waals surface area (Å²) < 4.78 is 0. The number of fused-ring (bicyclic) bond motifs is 2. The first-order valence-corrected chi connectivity index (χ1v) is 8.99. The van der Waals surface area contributed by atoms with Crippen molar-refractivity contribution < 1.29 is 0 Å². The predicted octanol–water partition coefficient (Wildman–Crippen LogP) is 2.08. The fourth-order valence-corrected chi connectivity index (χ4v) is 4.87. The summed E-state index contributed by atoms with van der Waals surface area (Å²) in [6.45, 7) is 4.01. The Balaban J connectivity index is 1.30. The molecule has 3 heteroatoms. The number of hydrogen-bond acceptors (Lipinski definition) is 3. The number of rotatable bonds is 4. The van der Waals surface area contributed by atoms with Crippen molar-refractivity contribution in [3.8, 4) is 0 Å². The Hall–Kier alpha value is -0.120. The molecule has 0 radical (unpaired) electrons. The topological polar surface area (TPSA) is 18.5 Å². The Bertz CT molecular complexity index is 327. The molecule has 2 bridgehead atoms. The second-order valence-corrected chi connectivity index (χ2v) is 7.86. The zero-order valence-corrected chi connectivity index (χ0v) is 13.1. The zero-order chi connectivity index (χ0) is 13.5. The molecule has 3 saturated heterocycles. The number of nitrogens with zero attached hydrogens (tertiary/aromatic N) is 2. The van der Waals surface area contributed by atoms with Crippen molar-refractivity contribution in [1.82, 2.24) is 15.1 Å². The average Bonchev–Trinajstić information content (AvgIpc) is 3.13. The van der Waals surface area contributed by atoms with Gasteiger partial charge in [-0.25, -0.2) is 0 Å². The summed E-state index contributed by atoms with van der Waals surface area (Å²) in [5, 5.41) is 3.73. The maximum atomic E-state index is 3.73. The Kier molecular flexibility index (Phi) is 3.78. The maximum Gasteiger partial charge on any atom is 0.0125 e. The molecule has 4 rings (SSSR count). The lowest BCUT2D eigenvalue weighted by atomic mass is 9.82. The molecule has 0 aromatic heterocycles. The van der Waals surface area contributed by atoms with Crippen LogP contribution in [0, 0.1) is 5.92 Å². The molecule has 4 aliphatic rings. The van der Waals surface area contributed by atoms with Gasteiger partial charge in [0.2, 0.25) is 0 Å². The first-order chi connectivity index (χ1) is 9.79. The number of piperidine rings is 2. The van der Waals surface area contributed by atoms with E-state index in [-0.39, 0.29) is 0 Å². The van der Waals surface area contributed by atoms with Crippen LogP contribution in [0.25, 0.3) is 0 Å². The van der Waals surface area contributed by atoms with E-state index < -0.39 is 0 Å². The van der Waals surface area contributed by atoms with Gasteiger partial charge in [0.15, 0.2) is 0 Å². The van der Waals surface area contributed by atoms with Crippen LogP contribution in [0.15, 0.2) is 0 Å². The van der Waals surface area contributed by atoms with E-state index in [1.165, 1.54) is 71.0 Å². The van der Waals surface area contributed by atoms with Gasteiger partial charge in [-0.05, 0) is 71.0 Å². The summed E-state index contributed by atoms with van der Waals surface area (Å²) in [6.07, 6.45) is 11.5. The smallest absolute Gasteiger partial charge is 0.0125 e. The third kappa shape index (κ3) is 2.77. The number of hydrogen-bond donors (Lipinski definition) is 1. The molecule has 3 nitrogen and oxygen atoms in total. The quantitative estimate of drug-likeness (QED) is 0.849. The van der Waals surface area contributed by atoms with Gasteiger partial charge in [0.25, 0.3) is 0 Å². The van der Waals surface area contributed by atoms with Crippen LogP contribution in [0.5, 0.6) is 0 Å². The van der Waals surface area contributed by atoms with E-state index >= 15 is 0 Å². The fraction of sp³-hybridized carbons (Fsp3) is 1.00. The van der Waals surface area contributed by atoms with E-state index in [1.807, 2.05) is 0 Å². The Morgan fingerprint density at radius 1 is 0.950 bits per heavy atom. The van der Waals surface area contributed by atoms with Gasteiger partial charge in [-0.1, -0.05) is 6.42 Å². The van der Waals surface area contributed by atoms with Crippen LogP contribution in [-0.2, 0) is 0 Å². The SMILES string of the molecule is CN1C2CCCC1CC(N1CCC(CNC3CC3)C1)C2. The van der Waals surface area contributed by atoms with Crippen molar-refractivity contribution in [2.24, 2.45) is 5.92 Å². The minimum absolute atomic E-state index is 0.881. The zero-order valence-electron chi connectivity index (χ0n) is 13.1. The number of likely N-dealkylation sites (tertiary alicyclic amines) is 1. The summed E-state index contributed by atoms with van der Waals surface area (Å²) in [5.74, 6) is 0.926. The van der Waals surface area contributed by atoms with E-state index in [2.05, 4.69) is 22.2 Å². The molecule has 20 heavy (non-hydrogen) atoms. The van der Waals surface area contributed by atoms with Crippen molar-refractivity contribution in [3.05, 3.63) is 0 Å². The van der Waals surface area contributed by atoms with Crippen LogP contribution in [0.2, 0.25) is 0 Å². The van der Waals surface area contributed by atoms with Crippen molar-refractivity contribution >= 4 is 0 Å². The van der Waals surface area contributed by atoms with Crippen LogP contribution >= 0.6 is 0 Å². The van der Waals surface area contributed by atoms with Crippen LogP contribution in [0.4, 0.5) is 0 Å². The van der Waals surface area contributed by atoms with Gasteiger partial charge in [0.1, 0.15) is 0 Å².